The molecule has 7 aliphatic rings. The third-order valence-electron chi connectivity index (χ3n) is 17.5. The molecule has 73 heavy (non-hydrogen) atoms. The summed E-state index contributed by atoms with van der Waals surface area (Å²) in [6.07, 6.45) is 17.6. The third kappa shape index (κ3) is 10.5. The Balaban J connectivity index is 0.749. The summed E-state index contributed by atoms with van der Waals surface area (Å²) < 4.78 is 2.20. The van der Waals surface area contributed by atoms with E-state index in [4.69, 9.17) is 9.97 Å². The van der Waals surface area contributed by atoms with Crippen molar-refractivity contribution in [1.82, 2.24) is 39.5 Å². The molecule has 2 aliphatic carbocycles. The van der Waals surface area contributed by atoms with E-state index in [1.54, 1.807) is 6.20 Å². The number of likely N-dealkylation sites (tertiary alicyclic amines) is 2. The first-order valence-corrected chi connectivity index (χ1v) is 27.8. The largest absolute Gasteiger partial charge is 0.366 e. The Bertz CT molecular complexity index is 2710. The molecule has 2 N–H and O–H groups in total. The summed E-state index contributed by atoms with van der Waals surface area (Å²) in [7, 11) is 0. The smallest absolute Gasteiger partial charge is 0.234 e. The van der Waals surface area contributed by atoms with Gasteiger partial charge in [-0.05, 0) is 146 Å². The van der Waals surface area contributed by atoms with E-state index in [0.717, 1.165) is 122 Å². The zero-order valence-electron chi connectivity index (χ0n) is 43.3. The summed E-state index contributed by atoms with van der Waals surface area (Å²) in [5.41, 5.74) is 6.12. The molecule has 2 atom stereocenters. The van der Waals surface area contributed by atoms with Gasteiger partial charge in [-0.1, -0.05) is 31.5 Å². The van der Waals surface area contributed by atoms with Crippen molar-refractivity contribution in [1.29, 1.82) is 0 Å². The number of nitrogens with zero attached hydrogens (tertiary/aromatic N) is 9. The van der Waals surface area contributed by atoms with Gasteiger partial charge in [0.15, 0.2) is 5.82 Å². The van der Waals surface area contributed by atoms with Gasteiger partial charge in [0, 0.05) is 106 Å². The van der Waals surface area contributed by atoms with Crippen LogP contribution in [0.1, 0.15) is 147 Å². The van der Waals surface area contributed by atoms with Crippen LogP contribution in [0.25, 0.3) is 22.3 Å². The summed E-state index contributed by atoms with van der Waals surface area (Å²) in [6, 6.07) is 13.9. The van der Waals surface area contributed by atoms with Crippen molar-refractivity contribution in [2.45, 2.75) is 160 Å². The molecule has 11 rings (SSSR count). The van der Waals surface area contributed by atoms with Gasteiger partial charge in [-0.25, -0.2) is 15.0 Å². The van der Waals surface area contributed by atoms with Crippen LogP contribution in [-0.2, 0) is 30.4 Å². The lowest BCUT2D eigenvalue weighted by Gasteiger charge is -2.49. The van der Waals surface area contributed by atoms with Gasteiger partial charge >= 0.3 is 0 Å². The molecule has 0 spiro atoms. The van der Waals surface area contributed by atoms with E-state index >= 15 is 0 Å². The lowest BCUT2D eigenvalue weighted by molar-refractivity contribution is -0.147. The second-order valence-electron chi connectivity index (χ2n) is 23.1. The van der Waals surface area contributed by atoms with Gasteiger partial charge < -0.3 is 34.4 Å². The SMILES string of the molecule is CC(C)n1cnc2cc(-c3ccc4c(c3)N(C3CC(N5CCCCC5)C3)C(=O)CCCN(C(=O)C3(C)CCN(C(=O)C[C@H]5CCN(c6ccc(C7CCC(=O)NC7=O)cn6)C5)CC3)CCC4)nc(NC3CC3)c21. The van der Waals surface area contributed by atoms with Crippen LogP contribution in [0.5, 0.6) is 0 Å². The molecule has 6 fully saturated rings. The van der Waals surface area contributed by atoms with E-state index in [2.05, 4.69) is 79.9 Å². The van der Waals surface area contributed by atoms with Gasteiger partial charge in [0.25, 0.3) is 0 Å². The van der Waals surface area contributed by atoms with Gasteiger partial charge in [0.05, 0.1) is 23.5 Å². The highest BCUT2D eigenvalue weighted by molar-refractivity contribution is 6.01. The number of amides is 5. The summed E-state index contributed by atoms with van der Waals surface area (Å²) in [5.74, 6) is 1.46. The minimum atomic E-state index is -0.586. The number of carbonyl (C=O) groups excluding carboxylic acids is 5. The van der Waals surface area contributed by atoms with Crippen LogP contribution < -0.4 is 20.4 Å². The molecular weight excluding hydrogens is 919 g/mol. The summed E-state index contributed by atoms with van der Waals surface area (Å²) >= 11 is 0. The second-order valence-corrected chi connectivity index (χ2v) is 23.1. The highest BCUT2D eigenvalue weighted by atomic mass is 16.2. The average molecular weight is 994 g/mol. The van der Waals surface area contributed by atoms with E-state index in [1.165, 1.54) is 19.3 Å². The third-order valence-corrected chi connectivity index (χ3v) is 17.5. The Morgan fingerprint density at radius 1 is 0.808 bits per heavy atom. The minimum Gasteiger partial charge on any atom is -0.366 e. The van der Waals surface area contributed by atoms with Gasteiger partial charge in [0.2, 0.25) is 29.5 Å². The molecule has 0 radical (unpaired) electrons. The van der Waals surface area contributed by atoms with E-state index < -0.39 is 5.41 Å². The topological polar surface area (TPSA) is 169 Å². The number of imide groups is 1. The number of benzene rings is 1. The summed E-state index contributed by atoms with van der Waals surface area (Å²) in [5, 5.41) is 6.14. The van der Waals surface area contributed by atoms with Crippen molar-refractivity contribution in [3.63, 3.8) is 0 Å². The fraction of sp³-hybridized carbons (Fsp3) is 0.614. The fourth-order valence-corrected chi connectivity index (χ4v) is 12.7. The molecule has 5 aliphatic heterocycles. The van der Waals surface area contributed by atoms with Gasteiger partial charge in [-0.15, -0.1) is 0 Å². The molecular formula is C57H75N11O5. The Morgan fingerprint density at radius 2 is 1.59 bits per heavy atom. The first kappa shape index (κ1) is 49.3. The van der Waals surface area contributed by atoms with Crippen molar-refractivity contribution >= 4 is 57.9 Å². The lowest BCUT2D eigenvalue weighted by atomic mass is 9.78. The lowest BCUT2D eigenvalue weighted by Crippen LogP contribution is -2.57. The number of hydrogen-bond acceptors (Lipinski definition) is 11. The van der Waals surface area contributed by atoms with Crippen LogP contribution in [0.4, 0.5) is 17.3 Å². The van der Waals surface area contributed by atoms with Crippen LogP contribution in [0.2, 0.25) is 0 Å². The number of aromatic nitrogens is 4. The molecule has 2 saturated carbocycles. The summed E-state index contributed by atoms with van der Waals surface area (Å²) in [4.78, 5) is 93.2. The minimum absolute atomic E-state index is 0.124. The van der Waals surface area contributed by atoms with E-state index in [0.29, 0.717) is 83.2 Å². The van der Waals surface area contributed by atoms with Gasteiger partial charge in [-0.2, -0.15) is 0 Å². The number of piperidine rings is 3. The van der Waals surface area contributed by atoms with Crippen molar-refractivity contribution < 1.29 is 24.0 Å². The van der Waals surface area contributed by atoms with Crippen LogP contribution in [-0.4, -0.2) is 134 Å². The van der Waals surface area contributed by atoms with Gasteiger partial charge in [-0.3, -0.25) is 29.3 Å². The van der Waals surface area contributed by atoms with Gasteiger partial charge in [0.1, 0.15) is 11.3 Å². The zero-order valence-corrected chi connectivity index (χ0v) is 43.3. The molecule has 3 aromatic heterocycles. The molecule has 0 bridgehead atoms. The van der Waals surface area contributed by atoms with Crippen molar-refractivity contribution in [2.75, 3.05) is 67.5 Å². The van der Waals surface area contributed by atoms with Crippen molar-refractivity contribution in [3.8, 4) is 11.3 Å². The van der Waals surface area contributed by atoms with Crippen LogP contribution >= 0.6 is 0 Å². The number of fused-ring (bicyclic) bond motifs is 2. The molecule has 4 saturated heterocycles. The number of rotatable bonds is 11. The molecule has 388 valence electrons. The van der Waals surface area contributed by atoms with E-state index in [1.807, 2.05) is 28.3 Å². The second kappa shape index (κ2) is 20.8. The highest BCUT2D eigenvalue weighted by Gasteiger charge is 2.43. The highest BCUT2D eigenvalue weighted by Crippen LogP contribution is 2.41. The fourth-order valence-electron chi connectivity index (χ4n) is 12.7. The van der Waals surface area contributed by atoms with E-state index in [-0.39, 0.29) is 53.5 Å². The number of aryl methyl sites for hydroxylation is 1. The number of imidazole rings is 1. The summed E-state index contributed by atoms with van der Waals surface area (Å²) in [6.45, 7) is 12.5. The molecule has 16 heteroatoms. The average Bonchev–Trinajstić information content (AvgIpc) is 3.89. The number of anilines is 3. The van der Waals surface area contributed by atoms with Crippen molar-refractivity contribution in [2.24, 2.45) is 11.3 Å². The Morgan fingerprint density at radius 3 is 2.32 bits per heavy atom. The number of pyridine rings is 2. The van der Waals surface area contributed by atoms with Crippen LogP contribution in [0.3, 0.4) is 0 Å². The quantitative estimate of drug-likeness (QED) is 0.142. The molecule has 4 aromatic rings. The maximum absolute atomic E-state index is 14.8. The van der Waals surface area contributed by atoms with Crippen LogP contribution in [0.15, 0.2) is 48.9 Å². The number of carbonyl (C=O) groups is 5. The molecule has 1 aromatic carbocycles. The first-order valence-electron chi connectivity index (χ1n) is 27.8. The molecule has 1 unspecified atom stereocenters. The predicted molar refractivity (Wildman–Crippen MR) is 282 cm³/mol. The molecule has 16 nitrogen and oxygen atoms in total. The Kier molecular flexibility index (Phi) is 14.0. The van der Waals surface area contributed by atoms with Crippen LogP contribution in [0, 0.1) is 11.3 Å². The normalized spacial score (nSPS) is 25.3. The van der Waals surface area contributed by atoms with E-state index in [9.17, 15) is 24.0 Å². The molecule has 8 heterocycles. The predicted octanol–water partition coefficient (Wildman–Crippen LogP) is 7.62. The Hall–Kier alpha value is -5.90. The molecule has 5 amide bonds. The number of nitrogens with one attached hydrogen (secondary N) is 2. The maximum Gasteiger partial charge on any atom is 0.234 e. The standard InChI is InChI=1S/C57H75N11O5/c1-37(2)67-36-59-47-33-46(61-54(53(47)67)60-42-14-15-42)40-12-11-39-9-7-24-65(25-8-10-51(70)68(48(39)30-40)44-31-43(32-44)63-22-5-4-6-23-63)56(73)57(3)20-27-64(28-21-57)52(71)29-38-19-26-66(35-38)49-17-13-41(34-58-49)45-16-18-50(69)62-55(45)72/h11-13,17,30,33-34,36-38,42-45H,4-10,14-16,18-29,31-32,35H2,1-3H3,(H,60,61)(H,62,69,72)/t38-,43?,44?,45?/m1/s1. The zero-order chi connectivity index (χ0) is 50.4. The monoisotopic (exact) mass is 994 g/mol. The maximum atomic E-state index is 14.8. The van der Waals surface area contributed by atoms with Crippen molar-refractivity contribution in [3.05, 3.63) is 60.0 Å². The Labute approximate surface area is 430 Å². The first-order chi connectivity index (χ1) is 35.4. The number of hydrogen-bond donors (Lipinski definition) is 2.